The number of rotatable bonds is 3. The van der Waals surface area contributed by atoms with Crippen LogP contribution in [-0.4, -0.2) is 65.3 Å². The van der Waals surface area contributed by atoms with Gasteiger partial charge in [-0.1, -0.05) is 0 Å². The molecule has 2 fully saturated rings. The summed E-state index contributed by atoms with van der Waals surface area (Å²) in [5.74, 6) is 1.43. The van der Waals surface area contributed by atoms with Crippen LogP contribution >= 0.6 is 0 Å². The molecular weight excluding hydrogens is 296 g/mol. The standard InChI is InChI=1S/C15H24N6O2/c1-17-11-4-7-21(9-11)13-8-12(18-14(16)19-13)10-2-5-20(6-3-10)15(22)23/h8,10-11,17H,2-7,9H2,1H3,(H,22,23)(H2,16,18,19)/t11-/m1/s1. The molecule has 1 amide bonds. The van der Waals surface area contributed by atoms with E-state index in [0.717, 1.165) is 43.9 Å². The molecule has 0 unspecified atom stereocenters. The van der Waals surface area contributed by atoms with Crippen LogP contribution in [-0.2, 0) is 0 Å². The van der Waals surface area contributed by atoms with Gasteiger partial charge >= 0.3 is 6.09 Å². The highest BCUT2D eigenvalue weighted by molar-refractivity contribution is 5.65. The number of aromatic nitrogens is 2. The van der Waals surface area contributed by atoms with E-state index in [9.17, 15) is 4.79 Å². The smallest absolute Gasteiger partial charge is 0.407 e. The predicted molar refractivity (Wildman–Crippen MR) is 87.7 cm³/mol. The zero-order valence-corrected chi connectivity index (χ0v) is 13.4. The van der Waals surface area contributed by atoms with Gasteiger partial charge in [0, 0.05) is 44.2 Å². The minimum absolute atomic E-state index is 0.248. The van der Waals surface area contributed by atoms with E-state index >= 15 is 0 Å². The van der Waals surface area contributed by atoms with E-state index in [2.05, 4.69) is 20.2 Å². The molecule has 23 heavy (non-hydrogen) atoms. The molecule has 4 N–H and O–H groups in total. The SMILES string of the molecule is CN[C@@H]1CCN(c2cc(C3CCN(C(=O)O)CC3)nc(N)n2)C1. The van der Waals surface area contributed by atoms with E-state index in [1.807, 2.05) is 13.1 Å². The third kappa shape index (κ3) is 3.47. The van der Waals surface area contributed by atoms with Crippen molar-refractivity contribution in [2.24, 2.45) is 0 Å². The fourth-order valence-corrected chi connectivity index (χ4v) is 3.41. The molecular formula is C15H24N6O2. The Kier molecular flexibility index (Phi) is 4.51. The molecule has 2 aliphatic heterocycles. The lowest BCUT2D eigenvalue weighted by atomic mass is 9.93. The van der Waals surface area contributed by atoms with Gasteiger partial charge in [0.1, 0.15) is 5.82 Å². The number of hydrogen-bond acceptors (Lipinski definition) is 6. The molecule has 0 saturated carbocycles. The van der Waals surface area contributed by atoms with Gasteiger partial charge in [-0.05, 0) is 26.3 Å². The lowest BCUT2D eigenvalue weighted by Crippen LogP contribution is -2.37. The average Bonchev–Trinajstić information content (AvgIpc) is 3.03. The van der Waals surface area contributed by atoms with E-state index in [1.54, 1.807) is 0 Å². The summed E-state index contributed by atoms with van der Waals surface area (Å²) in [7, 11) is 1.98. The molecule has 3 heterocycles. The number of amides is 1. The van der Waals surface area contributed by atoms with Crippen molar-refractivity contribution in [1.29, 1.82) is 0 Å². The second-order valence-electron chi connectivity index (χ2n) is 6.27. The first-order valence-electron chi connectivity index (χ1n) is 8.11. The number of nitrogen functional groups attached to an aromatic ring is 1. The summed E-state index contributed by atoms with van der Waals surface area (Å²) in [4.78, 5) is 23.5. The van der Waals surface area contributed by atoms with Crippen LogP contribution in [0.3, 0.4) is 0 Å². The second-order valence-corrected chi connectivity index (χ2v) is 6.27. The minimum atomic E-state index is -0.846. The number of nitrogens with one attached hydrogen (secondary N) is 1. The molecule has 1 atom stereocenters. The predicted octanol–water partition coefficient (Wildman–Crippen LogP) is 0.714. The summed E-state index contributed by atoms with van der Waals surface area (Å²) in [6, 6.07) is 2.50. The summed E-state index contributed by atoms with van der Waals surface area (Å²) in [6.07, 6.45) is 1.80. The fraction of sp³-hybridized carbons (Fsp3) is 0.667. The van der Waals surface area contributed by atoms with Crippen molar-refractivity contribution in [2.45, 2.75) is 31.2 Å². The molecule has 3 rings (SSSR count). The van der Waals surface area contributed by atoms with Gasteiger partial charge in [0.2, 0.25) is 5.95 Å². The molecule has 8 heteroatoms. The van der Waals surface area contributed by atoms with Gasteiger partial charge in [-0.15, -0.1) is 0 Å². The first kappa shape index (κ1) is 15.8. The van der Waals surface area contributed by atoms with Crippen molar-refractivity contribution in [3.8, 4) is 0 Å². The number of anilines is 2. The van der Waals surface area contributed by atoms with Gasteiger partial charge in [-0.3, -0.25) is 0 Å². The third-order valence-corrected chi connectivity index (χ3v) is 4.85. The number of nitrogens with zero attached hydrogens (tertiary/aromatic N) is 4. The van der Waals surface area contributed by atoms with Crippen LogP contribution in [0.25, 0.3) is 0 Å². The normalized spacial score (nSPS) is 22.6. The van der Waals surface area contributed by atoms with Gasteiger partial charge < -0.3 is 26.0 Å². The second kappa shape index (κ2) is 6.57. The number of piperidine rings is 1. The van der Waals surface area contributed by atoms with Crippen LogP contribution in [0.5, 0.6) is 0 Å². The molecule has 0 spiro atoms. The zero-order chi connectivity index (χ0) is 16.4. The van der Waals surface area contributed by atoms with E-state index in [4.69, 9.17) is 10.8 Å². The molecule has 0 bridgehead atoms. The number of likely N-dealkylation sites (tertiary alicyclic amines) is 1. The van der Waals surface area contributed by atoms with E-state index in [0.29, 0.717) is 25.1 Å². The minimum Gasteiger partial charge on any atom is -0.465 e. The first-order chi connectivity index (χ1) is 11.1. The Bertz CT molecular complexity index is 573. The molecule has 1 aromatic heterocycles. The highest BCUT2D eigenvalue weighted by Crippen LogP contribution is 2.30. The van der Waals surface area contributed by atoms with Crippen molar-refractivity contribution in [1.82, 2.24) is 20.2 Å². The Labute approximate surface area is 135 Å². The van der Waals surface area contributed by atoms with Crippen LogP contribution < -0.4 is 16.0 Å². The molecule has 2 saturated heterocycles. The molecule has 0 aromatic carbocycles. The Hall–Kier alpha value is -2.09. The molecule has 0 aliphatic carbocycles. The summed E-state index contributed by atoms with van der Waals surface area (Å²) < 4.78 is 0. The average molecular weight is 320 g/mol. The molecule has 8 nitrogen and oxygen atoms in total. The van der Waals surface area contributed by atoms with Crippen molar-refractivity contribution in [3.05, 3.63) is 11.8 Å². The Balaban J connectivity index is 1.72. The number of nitrogens with two attached hydrogens (primary N) is 1. The quantitative estimate of drug-likeness (QED) is 0.753. The fourth-order valence-electron chi connectivity index (χ4n) is 3.41. The maximum atomic E-state index is 11.0. The lowest BCUT2D eigenvalue weighted by molar-refractivity contribution is 0.131. The van der Waals surface area contributed by atoms with Crippen molar-refractivity contribution >= 4 is 17.9 Å². The number of likely N-dealkylation sites (N-methyl/N-ethyl adjacent to an activating group) is 1. The van der Waals surface area contributed by atoms with E-state index < -0.39 is 6.09 Å². The molecule has 126 valence electrons. The Morgan fingerprint density at radius 2 is 2.04 bits per heavy atom. The van der Waals surface area contributed by atoms with E-state index in [1.165, 1.54) is 4.90 Å². The number of hydrogen-bond donors (Lipinski definition) is 3. The largest absolute Gasteiger partial charge is 0.465 e. The molecule has 1 aromatic rings. The molecule has 2 aliphatic rings. The van der Waals surface area contributed by atoms with Gasteiger partial charge in [-0.25, -0.2) is 9.78 Å². The summed E-state index contributed by atoms with van der Waals surface area (Å²) in [6.45, 7) is 2.97. The summed E-state index contributed by atoms with van der Waals surface area (Å²) in [5, 5.41) is 12.3. The third-order valence-electron chi connectivity index (χ3n) is 4.85. The number of carboxylic acid groups (broad SMARTS) is 1. The van der Waals surface area contributed by atoms with Crippen molar-refractivity contribution in [2.75, 3.05) is 43.9 Å². The van der Waals surface area contributed by atoms with Gasteiger partial charge in [0.25, 0.3) is 0 Å². The topological polar surface area (TPSA) is 108 Å². The maximum absolute atomic E-state index is 11.0. The van der Waals surface area contributed by atoms with Crippen LogP contribution in [0, 0.1) is 0 Å². The first-order valence-corrected chi connectivity index (χ1v) is 8.11. The Morgan fingerprint density at radius 1 is 1.30 bits per heavy atom. The summed E-state index contributed by atoms with van der Waals surface area (Å²) >= 11 is 0. The zero-order valence-electron chi connectivity index (χ0n) is 13.4. The van der Waals surface area contributed by atoms with Crippen molar-refractivity contribution in [3.63, 3.8) is 0 Å². The van der Waals surface area contributed by atoms with Crippen LogP contribution in [0.2, 0.25) is 0 Å². The lowest BCUT2D eigenvalue weighted by Gasteiger charge is -2.30. The Morgan fingerprint density at radius 3 is 2.65 bits per heavy atom. The molecule has 0 radical (unpaired) electrons. The van der Waals surface area contributed by atoms with Gasteiger partial charge in [-0.2, -0.15) is 4.98 Å². The monoisotopic (exact) mass is 320 g/mol. The summed E-state index contributed by atoms with van der Waals surface area (Å²) in [5.41, 5.74) is 6.84. The highest BCUT2D eigenvalue weighted by Gasteiger charge is 2.27. The highest BCUT2D eigenvalue weighted by atomic mass is 16.4. The van der Waals surface area contributed by atoms with Crippen molar-refractivity contribution < 1.29 is 9.90 Å². The van der Waals surface area contributed by atoms with Crippen LogP contribution in [0.1, 0.15) is 30.9 Å². The van der Waals surface area contributed by atoms with Gasteiger partial charge in [0.15, 0.2) is 0 Å². The van der Waals surface area contributed by atoms with Crippen LogP contribution in [0.4, 0.5) is 16.6 Å². The van der Waals surface area contributed by atoms with Gasteiger partial charge in [0.05, 0.1) is 5.69 Å². The maximum Gasteiger partial charge on any atom is 0.407 e. The van der Waals surface area contributed by atoms with E-state index in [-0.39, 0.29) is 5.92 Å². The van der Waals surface area contributed by atoms with Crippen LogP contribution in [0.15, 0.2) is 6.07 Å². The number of carbonyl (C=O) groups is 1.